The lowest BCUT2D eigenvalue weighted by Crippen LogP contribution is -2.37. The molecule has 2 atom stereocenters. The van der Waals surface area contributed by atoms with Gasteiger partial charge in [-0.2, -0.15) is 0 Å². The molecule has 10 heteroatoms. The van der Waals surface area contributed by atoms with E-state index in [-0.39, 0.29) is 25.6 Å². The van der Waals surface area contributed by atoms with Gasteiger partial charge in [0.15, 0.2) is 6.10 Å². The summed E-state index contributed by atoms with van der Waals surface area (Å²) >= 11 is 0. The van der Waals surface area contributed by atoms with Gasteiger partial charge in [0.1, 0.15) is 19.8 Å². The van der Waals surface area contributed by atoms with Crippen molar-refractivity contribution < 1.29 is 42.1 Å². The number of ether oxygens (including phenoxy) is 2. The summed E-state index contributed by atoms with van der Waals surface area (Å²) in [7, 11) is 1.49. The maximum Gasteiger partial charge on any atom is 0.472 e. The molecule has 0 aromatic heterocycles. The molecule has 0 aliphatic heterocycles. The predicted molar refractivity (Wildman–Crippen MR) is 335 cm³/mol. The molecule has 2 unspecified atom stereocenters. The Labute approximate surface area is 484 Å². The molecule has 78 heavy (non-hydrogen) atoms. The summed E-state index contributed by atoms with van der Waals surface area (Å²) in [5, 5.41) is 0. The topological polar surface area (TPSA) is 108 Å². The lowest BCUT2D eigenvalue weighted by Gasteiger charge is -2.24. The molecule has 0 bridgehead atoms. The number of carbonyl (C=O) groups is 2. The van der Waals surface area contributed by atoms with Gasteiger partial charge in [-0.05, 0) is 51.4 Å². The number of phosphoric acid groups is 1. The second-order valence-electron chi connectivity index (χ2n) is 24.2. The van der Waals surface area contributed by atoms with Crippen molar-refractivity contribution in [2.45, 2.75) is 341 Å². The molecule has 0 aromatic rings. The fourth-order valence-electron chi connectivity index (χ4n) is 9.97. The monoisotopic (exact) mass is 1120 g/mol. The van der Waals surface area contributed by atoms with Crippen LogP contribution in [0.15, 0.2) is 36.5 Å². The molecular formula is C68H131NO8P+. The summed E-state index contributed by atoms with van der Waals surface area (Å²) in [5.74, 6) is -0.779. The Bertz CT molecular complexity index is 1410. The van der Waals surface area contributed by atoms with E-state index in [1.165, 1.54) is 257 Å². The number of unbranched alkanes of at least 4 members (excludes halogenated alkanes) is 43. The van der Waals surface area contributed by atoms with Crippen molar-refractivity contribution >= 4 is 19.8 Å². The summed E-state index contributed by atoms with van der Waals surface area (Å²) < 4.78 is 34.7. The molecular weight excluding hydrogens is 990 g/mol. The van der Waals surface area contributed by atoms with Crippen molar-refractivity contribution in [3.8, 4) is 0 Å². The Morgan fingerprint density at radius 3 is 1.03 bits per heavy atom. The van der Waals surface area contributed by atoms with Crippen LogP contribution < -0.4 is 0 Å². The summed E-state index contributed by atoms with van der Waals surface area (Å²) in [4.78, 5) is 35.8. The zero-order valence-electron chi connectivity index (χ0n) is 52.4. The smallest absolute Gasteiger partial charge is 0.462 e. The van der Waals surface area contributed by atoms with Crippen LogP contribution >= 0.6 is 7.82 Å². The Kier molecular flexibility index (Phi) is 58.5. The highest BCUT2D eigenvalue weighted by atomic mass is 31.2. The Hall–Kier alpha value is -1.77. The van der Waals surface area contributed by atoms with Crippen LogP contribution in [0, 0.1) is 0 Å². The first kappa shape index (κ1) is 76.2. The molecule has 0 fully saturated rings. The van der Waals surface area contributed by atoms with Gasteiger partial charge < -0.3 is 18.9 Å². The first-order valence-corrected chi connectivity index (χ1v) is 35.2. The van der Waals surface area contributed by atoms with Gasteiger partial charge in [0.25, 0.3) is 0 Å². The van der Waals surface area contributed by atoms with Crippen LogP contribution in [-0.4, -0.2) is 74.9 Å². The second kappa shape index (κ2) is 59.8. The molecule has 0 aliphatic rings. The first-order valence-electron chi connectivity index (χ1n) is 33.7. The molecule has 0 saturated heterocycles. The maximum absolute atomic E-state index is 12.9. The summed E-state index contributed by atoms with van der Waals surface area (Å²) in [5.41, 5.74) is 0. The summed E-state index contributed by atoms with van der Waals surface area (Å²) in [6, 6.07) is 0. The Balaban J connectivity index is 4.04. The molecule has 0 aromatic carbocycles. The van der Waals surface area contributed by atoms with E-state index in [4.69, 9.17) is 18.5 Å². The average Bonchev–Trinajstić information content (AvgIpc) is 3.41. The quantitative estimate of drug-likeness (QED) is 0.0211. The summed E-state index contributed by atoms with van der Waals surface area (Å²) in [6.07, 6.45) is 75.2. The Morgan fingerprint density at radius 2 is 0.692 bits per heavy atom. The zero-order chi connectivity index (χ0) is 57.0. The SMILES string of the molecule is CCCCCCC/C=C\C/C=C\C/C=C\CCCCCCCCCCCCCCCCC(=O)OC(COC(=O)CCCCCCCCCCCCCCCCCCCCCCCCCCC)COP(=O)(O)OCC[N+](C)(C)C. The van der Waals surface area contributed by atoms with Crippen molar-refractivity contribution in [1.29, 1.82) is 0 Å². The number of phosphoric ester groups is 1. The van der Waals surface area contributed by atoms with Crippen LogP contribution in [0.25, 0.3) is 0 Å². The third kappa shape index (κ3) is 63.4. The number of hydrogen-bond donors (Lipinski definition) is 1. The summed E-state index contributed by atoms with van der Waals surface area (Å²) in [6.45, 7) is 4.49. The first-order chi connectivity index (χ1) is 38.0. The third-order valence-electron chi connectivity index (χ3n) is 15.2. The van der Waals surface area contributed by atoms with Crippen LogP contribution in [0.1, 0.15) is 335 Å². The van der Waals surface area contributed by atoms with Crippen molar-refractivity contribution in [2.24, 2.45) is 0 Å². The number of nitrogens with zero attached hydrogens (tertiary/aromatic N) is 1. The number of esters is 2. The minimum atomic E-state index is -4.39. The lowest BCUT2D eigenvalue weighted by atomic mass is 10.0. The standard InChI is InChI=1S/C68H130NO8P/c1-6-8-10-12-14-16-18-20-22-24-26-28-30-32-33-34-35-37-39-41-43-45-47-49-51-53-55-57-59-61-68(71)77-66(65-76-78(72,73)75-63-62-69(3,4)5)64-74-67(70)60-58-56-54-52-50-48-46-44-42-40-38-36-31-29-27-25-23-21-19-17-15-13-11-9-7-2/h18,20,24,26,30,32,66H,6-17,19,21-23,25,27-29,31,33-65H2,1-5H3/p+1/b20-18-,26-24-,32-30-. The maximum atomic E-state index is 12.9. The van der Waals surface area contributed by atoms with E-state index in [0.29, 0.717) is 23.9 Å². The van der Waals surface area contributed by atoms with Gasteiger partial charge in [0.2, 0.25) is 0 Å². The third-order valence-corrected chi connectivity index (χ3v) is 16.2. The van der Waals surface area contributed by atoms with Gasteiger partial charge in [-0.25, -0.2) is 4.57 Å². The highest BCUT2D eigenvalue weighted by Gasteiger charge is 2.27. The molecule has 9 nitrogen and oxygen atoms in total. The van der Waals surface area contributed by atoms with Gasteiger partial charge >= 0.3 is 19.8 Å². The fourth-order valence-corrected chi connectivity index (χ4v) is 10.7. The van der Waals surface area contributed by atoms with Crippen LogP contribution in [0.2, 0.25) is 0 Å². The van der Waals surface area contributed by atoms with E-state index in [1.807, 2.05) is 21.1 Å². The minimum absolute atomic E-state index is 0.0339. The molecule has 0 aliphatic carbocycles. The van der Waals surface area contributed by atoms with E-state index < -0.39 is 26.5 Å². The largest absolute Gasteiger partial charge is 0.472 e. The van der Waals surface area contributed by atoms with E-state index in [0.717, 1.165) is 44.9 Å². The van der Waals surface area contributed by atoms with Gasteiger partial charge in [0.05, 0.1) is 27.7 Å². The number of hydrogen-bond acceptors (Lipinski definition) is 7. The minimum Gasteiger partial charge on any atom is -0.462 e. The normalized spacial score (nSPS) is 13.4. The van der Waals surface area contributed by atoms with E-state index in [9.17, 15) is 19.0 Å². The van der Waals surface area contributed by atoms with Crippen molar-refractivity contribution in [2.75, 3.05) is 47.5 Å². The lowest BCUT2D eigenvalue weighted by molar-refractivity contribution is -0.870. The van der Waals surface area contributed by atoms with Crippen molar-refractivity contribution in [3.05, 3.63) is 36.5 Å². The molecule has 0 spiro atoms. The number of carbonyl (C=O) groups excluding carboxylic acids is 2. The molecule has 0 amide bonds. The molecule has 0 heterocycles. The fraction of sp³-hybridized carbons (Fsp3) is 0.882. The highest BCUT2D eigenvalue weighted by molar-refractivity contribution is 7.47. The number of rotatable bonds is 63. The molecule has 0 saturated carbocycles. The zero-order valence-corrected chi connectivity index (χ0v) is 53.3. The van der Waals surface area contributed by atoms with Crippen LogP contribution in [-0.2, 0) is 32.7 Å². The van der Waals surface area contributed by atoms with Gasteiger partial charge in [-0.1, -0.05) is 307 Å². The molecule has 1 N–H and O–H groups in total. The highest BCUT2D eigenvalue weighted by Crippen LogP contribution is 2.43. The van der Waals surface area contributed by atoms with Crippen molar-refractivity contribution in [1.82, 2.24) is 0 Å². The molecule has 0 rings (SSSR count). The average molecular weight is 1120 g/mol. The molecule has 460 valence electrons. The molecule has 0 radical (unpaired) electrons. The number of allylic oxidation sites excluding steroid dienone is 6. The number of quaternary nitrogens is 1. The van der Waals surface area contributed by atoms with Crippen LogP contribution in [0.5, 0.6) is 0 Å². The van der Waals surface area contributed by atoms with E-state index in [1.54, 1.807) is 0 Å². The van der Waals surface area contributed by atoms with E-state index in [2.05, 4.69) is 50.3 Å². The number of likely N-dealkylation sites (N-methyl/N-ethyl adjacent to an activating group) is 1. The van der Waals surface area contributed by atoms with Gasteiger partial charge in [-0.3, -0.25) is 18.6 Å². The van der Waals surface area contributed by atoms with Gasteiger partial charge in [0, 0.05) is 12.8 Å². The van der Waals surface area contributed by atoms with Crippen molar-refractivity contribution in [3.63, 3.8) is 0 Å². The predicted octanol–water partition coefficient (Wildman–Crippen LogP) is 21.5. The van der Waals surface area contributed by atoms with Crippen LogP contribution in [0.4, 0.5) is 0 Å². The second-order valence-corrected chi connectivity index (χ2v) is 25.7. The van der Waals surface area contributed by atoms with Gasteiger partial charge in [-0.15, -0.1) is 0 Å². The Morgan fingerprint density at radius 1 is 0.397 bits per heavy atom. The van der Waals surface area contributed by atoms with E-state index >= 15 is 0 Å². The van der Waals surface area contributed by atoms with Crippen LogP contribution in [0.3, 0.4) is 0 Å².